The quantitative estimate of drug-likeness (QED) is 0.147. The highest BCUT2D eigenvalue weighted by molar-refractivity contribution is 9.10. The van der Waals surface area contributed by atoms with E-state index in [1.807, 2.05) is 212 Å². The lowest BCUT2D eigenvalue weighted by molar-refractivity contribution is 1.05. The molecule has 73 heavy (non-hydrogen) atoms. The first-order valence-electron chi connectivity index (χ1n) is 23.7. The number of hydrogen-bond donors (Lipinski definition) is 3. The summed E-state index contributed by atoms with van der Waals surface area (Å²) in [6, 6.07) is 75.6. The fourth-order valence-electron chi connectivity index (χ4n) is 9.39. The second-order valence-corrected chi connectivity index (χ2v) is 18.1. The zero-order chi connectivity index (χ0) is 49.3. The molecule has 14 aromatic rings. The molecular weight excluding hydrogens is 969 g/mol. The summed E-state index contributed by atoms with van der Waals surface area (Å²) >= 11 is 3.46. The highest BCUT2D eigenvalue weighted by Gasteiger charge is 2.20. The maximum Gasteiger partial charge on any atom is 0.256 e. The largest absolute Gasteiger partial charge is 0.353 e. The van der Waals surface area contributed by atoms with Crippen molar-refractivity contribution in [2.24, 2.45) is 0 Å². The molecule has 0 bridgehead atoms. The molecule has 10 nitrogen and oxygen atoms in total. The number of rotatable bonds is 5. The molecule has 6 aromatic heterocycles. The van der Waals surface area contributed by atoms with Crippen molar-refractivity contribution < 1.29 is 0 Å². The van der Waals surface area contributed by atoms with Crippen molar-refractivity contribution in [3.8, 4) is 51.1 Å². The number of pyridine rings is 2. The first-order valence-corrected chi connectivity index (χ1v) is 24.5. The Bertz CT molecular complexity index is 4330. The predicted molar refractivity (Wildman–Crippen MR) is 300 cm³/mol. The number of hydrogen-bond acceptors (Lipinski definition) is 6. The van der Waals surface area contributed by atoms with Gasteiger partial charge >= 0.3 is 0 Å². The Morgan fingerprint density at radius 1 is 0.356 bits per heavy atom. The topological polar surface area (TPSA) is 138 Å². The SMILES string of the molecule is Brc1cc(-c2ccccc2)nc(-c2ccccc2)n1.O=c1[nH]c2c3ccccc3[nH]c2c2ccccc12.O=c1[nH]c2c3ccccc3n(-c3cc(-c4ccccc4)nc(-c4ccccc4)n3)c2c2ccccc12. The van der Waals surface area contributed by atoms with E-state index >= 15 is 0 Å². The minimum absolute atomic E-state index is 0.0390. The fourth-order valence-corrected chi connectivity index (χ4v) is 9.78. The molecule has 6 heterocycles. The molecule has 0 fully saturated rings. The summed E-state index contributed by atoms with van der Waals surface area (Å²) in [5, 5.41) is 5.24. The molecule has 0 amide bonds. The van der Waals surface area contributed by atoms with Crippen molar-refractivity contribution in [1.82, 2.24) is 39.5 Å². The second-order valence-electron chi connectivity index (χ2n) is 17.3. The van der Waals surface area contributed by atoms with Crippen molar-refractivity contribution in [3.05, 3.63) is 256 Å². The number of aromatic amines is 3. The second kappa shape index (κ2) is 19.3. The molecule has 3 N–H and O–H groups in total. The third-order valence-electron chi connectivity index (χ3n) is 12.8. The molecule has 0 aliphatic carbocycles. The fraction of sp³-hybridized carbons (Fsp3) is 0. The Labute approximate surface area is 425 Å². The average Bonchev–Trinajstić information content (AvgIpc) is 4.00. The summed E-state index contributed by atoms with van der Waals surface area (Å²) in [4.78, 5) is 53.6. The van der Waals surface area contributed by atoms with E-state index in [-0.39, 0.29) is 11.1 Å². The Morgan fingerprint density at radius 3 is 1.38 bits per heavy atom. The Kier molecular flexibility index (Phi) is 11.8. The number of nitrogens with one attached hydrogen (secondary N) is 3. The molecule has 0 unspecified atom stereocenters. The predicted octanol–water partition coefficient (Wildman–Crippen LogP) is 14.5. The van der Waals surface area contributed by atoms with Crippen molar-refractivity contribution >= 4 is 81.3 Å². The molecule has 8 aromatic carbocycles. The Hall–Kier alpha value is -9.58. The van der Waals surface area contributed by atoms with Crippen LogP contribution in [0.15, 0.2) is 245 Å². The minimum atomic E-state index is -0.0985. The number of benzene rings is 8. The van der Waals surface area contributed by atoms with Crippen molar-refractivity contribution in [3.63, 3.8) is 0 Å². The van der Waals surface area contributed by atoms with Crippen LogP contribution in [0.1, 0.15) is 0 Å². The standard InChI is InChI=1S/C31H20N4O.C16H11BrN2.C15H10N2O/c36-31-23-16-8-7-15-22(23)29-28(34-31)24-17-9-10-18-26(24)35(29)27-19-25(20-11-3-1-4-12-20)32-30(33-27)21-13-5-2-6-14-21;17-15-11-14(12-7-3-1-4-8-12)18-16(19-15)13-9-5-2-6-10-13;18-15-10-6-2-1-5-9(10)13-14(17-15)11-7-3-4-8-12(11)16-13/h1-19H,(H,34,36);1-11H;1-8,16H,(H,17,18). The van der Waals surface area contributed by atoms with Gasteiger partial charge in [0.15, 0.2) is 11.6 Å². The average molecular weight is 1010 g/mol. The highest BCUT2D eigenvalue weighted by atomic mass is 79.9. The molecule has 11 heteroatoms. The molecule has 0 saturated carbocycles. The molecule has 0 saturated heterocycles. The molecule has 0 spiro atoms. The van der Waals surface area contributed by atoms with Crippen LogP contribution in [0.2, 0.25) is 0 Å². The van der Waals surface area contributed by atoms with Gasteiger partial charge in [0.05, 0.1) is 39.0 Å². The van der Waals surface area contributed by atoms with E-state index in [9.17, 15) is 9.59 Å². The zero-order valence-electron chi connectivity index (χ0n) is 38.9. The first kappa shape index (κ1) is 44.6. The van der Waals surface area contributed by atoms with Crippen molar-refractivity contribution in [2.45, 2.75) is 0 Å². The van der Waals surface area contributed by atoms with Gasteiger partial charge in [0, 0.05) is 66.2 Å². The van der Waals surface area contributed by atoms with Crippen LogP contribution in [-0.4, -0.2) is 39.5 Å². The van der Waals surface area contributed by atoms with Gasteiger partial charge in [-0.15, -0.1) is 0 Å². The number of H-pyrrole nitrogens is 3. The van der Waals surface area contributed by atoms with Crippen LogP contribution in [0.4, 0.5) is 0 Å². The van der Waals surface area contributed by atoms with Crippen LogP contribution >= 0.6 is 15.9 Å². The monoisotopic (exact) mass is 1010 g/mol. The van der Waals surface area contributed by atoms with Crippen LogP contribution in [0, 0.1) is 0 Å². The summed E-state index contributed by atoms with van der Waals surface area (Å²) in [6.07, 6.45) is 0. The summed E-state index contributed by atoms with van der Waals surface area (Å²) in [5.41, 5.74) is 11.3. The lowest BCUT2D eigenvalue weighted by Crippen LogP contribution is -2.07. The maximum absolute atomic E-state index is 13.0. The lowest BCUT2D eigenvalue weighted by atomic mass is 10.1. The number of aromatic nitrogens is 8. The highest BCUT2D eigenvalue weighted by Crippen LogP contribution is 2.35. The normalized spacial score (nSPS) is 11.2. The van der Waals surface area contributed by atoms with Gasteiger partial charge in [-0.1, -0.05) is 194 Å². The van der Waals surface area contributed by atoms with Crippen LogP contribution in [0.5, 0.6) is 0 Å². The van der Waals surface area contributed by atoms with Gasteiger partial charge in [0.25, 0.3) is 11.1 Å². The van der Waals surface area contributed by atoms with Crippen molar-refractivity contribution in [1.29, 1.82) is 0 Å². The van der Waals surface area contributed by atoms with E-state index in [0.29, 0.717) is 11.2 Å². The van der Waals surface area contributed by atoms with Gasteiger partial charge in [0.2, 0.25) is 0 Å². The van der Waals surface area contributed by atoms with Gasteiger partial charge in [-0.3, -0.25) is 14.2 Å². The van der Waals surface area contributed by atoms with Crippen LogP contribution in [0.25, 0.3) is 117 Å². The number of para-hydroxylation sites is 2. The van der Waals surface area contributed by atoms with Crippen LogP contribution < -0.4 is 11.1 Å². The molecular formula is C62H41BrN8O2. The Morgan fingerprint density at radius 2 is 0.781 bits per heavy atom. The number of halogens is 1. The molecule has 0 aliphatic heterocycles. The van der Waals surface area contributed by atoms with E-state index in [4.69, 9.17) is 9.97 Å². The summed E-state index contributed by atoms with van der Waals surface area (Å²) in [6.45, 7) is 0. The maximum atomic E-state index is 13.0. The summed E-state index contributed by atoms with van der Waals surface area (Å²) in [5.74, 6) is 2.12. The van der Waals surface area contributed by atoms with Crippen LogP contribution in [-0.2, 0) is 0 Å². The van der Waals surface area contributed by atoms with Gasteiger partial charge in [-0.05, 0) is 46.3 Å². The van der Waals surface area contributed by atoms with E-state index in [2.05, 4.69) is 63.6 Å². The van der Waals surface area contributed by atoms with Gasteiger partial charge < -0.3 is 15.0 Å². The van der Waals surface area contributed by atoms with E-state index < -0.39 is 0 Å². The molecule has 14 rings (SSSR count). The van der Waals surface area contributed by atoms with E-state index in [1.54, 1.807) is 0 Å². The number of nitrogens with zero attached hydrogens (tertiary/aromatic N) is 5. The van der Waals surface area contributed by atoms with Crippen molar-refractivity contribution in [2.75, 3.05) is 0 Å². The zero-order valence-corrected chi connectivity index (χ0v) is 40.5. The molecule has 348 valence electrons. The Balaban J connectivity index is 0.000000123. The summed E-state index contributed by atoms with van der Waals surface area (Å²) in [7, 11) is 0. The lowest BCUT2D eigenvalue weighted by Gasteiger charge is -2.12. The van der Waals surface area contributed by atoms with E-state index in [1.165, 1.54) is 0 Å². The smallest absolute Gasteiger partial charge is 0.256 e. The third kappa shape index (κ3) is 8.64. The minimum Gasteiger partial charge on any atom is -0.353 e. The third-order valence-corrected chi connectivity index (χ3v) is 13.2. The van der Waals surface area contributed by atoms with Gasteiger partial charge in [-0.2, -0.15) is 0 Å². The van der Waals surface area contributed by atoms with E-state index in [0.717, 1.165) is 110 Å². The van der Waals surface area contributed by atoms with Gasteiger partial charge in [-0.25, -0.2) is 19.9 Å². The van der Waals surface area contributed by atoms with Gasteiger partial charge in [0.1, 0.15) is 10.4 Å². The molecule has 0 radical (unpaired) electrons. The number of fused-ring (bicyclic) bond motifs is 10. The molecule has 0 atom stereocenters. The first-order chi connectivity index (χ1) is 35.9. The van der Waals surface area contributed by atoms with Crippen LogP contribution in [0.3, 0.4) is 0 Å². The summed E-state index contributed by atoms with van der Waals surface area (Å²) < 4.78 is 2.93. The molecule has 0 aliphatic rings.